The fraction of sp³-hybridized carbons (Fsp3) is 0.625. The van der Waals surface area contributed by atoms with Crippen LogP contribution in [0.2, 0.25) is 0 Å². The number of benzene rings is 1. The molecule has 1 saturated heterocycles. The number of methoxy groups -OCH3 is 2. The average Bonchev–Trinajstić information content (AvgIpc) is 2.44. The minimum absolute atomic E-state index is 0.345. The van der Waals surface area contributed by atoms with Gasteiger partial charge in [-0.3, -0.25) is 4.90 Å². The Morgan fingerprint density at radius 1 is 1.25 bits per heavy atom. The van der Waals surface area contributed by atoms with Gasteiger partial charge in [0.25, 0.3) is 0 Å². The van der Waals surface area contributed by atoms with E-state index in [4.69, 9.17) is 15.2 Å². The second-order valence-corrected chi connectivity index (χ2v) is 5.80. The van der Waals surface area contributed by atoms with Gasteiger partial charge in [0.2, 0.25) is 0 Å². The predicted octanol–water partition coefficient (Wildman–Crippen LogP) is 2.18. The molecule has 0 bridgehead atoms. The molecular weight excluding hydrogens is 252 g/mol. The second-order valence-electron chi connectivity index (χ2n) is 5.80. The van der Waals surface area contributed by atoms with E-state index in [1.54, 1.807) is 14.2 Å². The minimum Gasteiger partial charge on any atom is -0.493 e. The summed E-state index contributed by atoms with van der Waals surface area (Å²) in [6, 6.07) is 4.48. The molecule has 1 aliphatic rings. The van der Waals surface area contributed by atoms with Gasteiger partial charge in [-0.05, 0) is 49.1 Å². The number of rotatable bonds is 4. The molecule has 1 aliphatic heterocycles. The third-order valence-corrected chi connectivity index (χ3v) is 4.29. The molecule has 0 aliphatic carbocycles. The summed E-state index contributed by atoms with van der Waals surface area (Å²) < 4.78 is 10.7. The van der Waals surface area contributed by atoms with Crippen LogP contribution >= 0.6 is 0 Å². The van der Waals surface area contributed by atoms with E-state index in [1.807, 2.05) is 6.07 Å². The van der Waals surface area contributed by atoms with Gasteiger partial charge in [0, 0.05) is 19.1 Å². The molecule has 1 heterocycles. The highest BCUT2D eigenvalue weighted by Gasteiger charge is 2.23. The molecule has 2 N–H and O–H groups in total. The van der Waals surface area contributed by atoms with Gasteiger partial charge in [0.1, 0.15) is 0 Å². The monoisotopic (exact) mass is 278 g/mol. The SMILES string of the molecule is COc1cc(C)c(CN2CCC(N)C(C)C2)cc1OC. The molecule has 2 rings (SSSR count). The zero-order chi connectivity index (χ0) is 14.7. The number of ether oxygens (including phenoxy) is 2. The number of nitrogens with zero attached hydrogens (tertiary/aromatic N) is 1. The van der Waals surface area contributed by atoms with Gasteiger partial charge in [-0.25, -0.2) is 0 Å². The van der Waals surface area contributed by atoms with Gasteiger partial charge in [-0.1, -0.05) is 6.92 Å². The van der Waals surface area contributed by atoms with Crippen LogP contribution < -0.4 is 15.2 Å². The van der Waals surface area contributed by atoms with E-state index in [0.717, 1.165) is 37.6 Å². The third kappa shape index (κ3) is 3.25. The second kappa shape index (κ2) is 6.46. The molecule has 1 fully saturated rings. The highest BCUT2D eigenvalue weighted by atomic mass is 16.5. The number of piperidine rings is 1. The Bertz CT molecular complexity index is 462. The minimum atomic E-state index is 0.345. The van der Waals surface area contributed by atoms with Crippen LogP contribution in [-0.4, -0.2) is 38.3 Å². The van der Waals surface area contributed by atoms with Crippen LogP contribution in [0.15, 0.2) is 12.1 Å². The van der Waals surface area contributed by atoms with Crippen molar-refractivity contribution >= 4 is 0 Å². The van der Waals surface area contributed by atoms with E-state index >= 15 is 0 Å². The molecule has 0 aromatic heterocycles. The third-order valence-electron chi connectivity index (χ3n) is 4.29. The number of likely N-dealkylation sites (tertiary alicyclic amines) is 1. The summed E-state index contributed by atoms with van der Waals surface area (Å²) in [4.78, 5) is 2.47. The normalized spacial score (nSPS) is 23.6. The van der Waals surface area contributed by atoms with Crippen molar-refractivity contribution in [3.8, 4) is 11.5 Å². The topological polar surface area (TPSA) is 47.7 Å². The quantitative estimate of drug-likeness (QED) is 0.917. The standard InChI is InChI=1S/C16H26N2O2/c1-11-7-15(19-3)16(20-4)8-13(11)10-18-6-5-14(17)12(2)9-18/h7-8,12,14H,5-6,9-10,17H2,1-4H3. The summed E-state index contributed by atoms with van der Waals surface area (Å²) in [7, 11) is 3.35. The smallest absolute Gasteiger partial charge is 0.161 e. The van der Waals surface area contributed by atoms with Crippen molar-refractivity contribution in [3.05, 3.63) is 23.3 Å². The number of hydrogen-bond acceptors (Lipinski definition) is 4. The fourth-order valence-electron chi connectivity index (χ4n) is 2.83. The van der Waals surface area contributed by atoms with Crippen LogP contribution in [0.1, 0.15) is 24.5 Å². The Labute approximate surface area is 121 Å². The summed E-state index contributed by atoms with van der Waals surface area (Å²) in [6.45, 7) is 7.44. The summed E-state index contributed by atoms with van der Waals surface area (Å²) in [5.41, 5.74) is 8.62. The summed E-state index contributed by atoms with van der Waals surface area (Å²) >= 11 is 0. The number of nitrogens with two attached hydrogens (primary N) is 1. The van der Waals surface area contributed by atoms with E-state index in [-0.39, 0.29) is 0 Å². The van der Waals surface area contributed by atoms with Gasteiger partial charge in [0.05, 0.1) is 14.2 Å². The van der Waals surface area contributed by atoms with Crippen LogP contribution in [0.5, 0.6) is 11.5 Å². The van der Waals surface area contributed by atoms with Gasteiger partial charge in [-0.2, -0.15) is 0 Å². The van der Waals surface area contributed by atoms with Crippen molar-refractivity contribution in [1.29, 1.82) is 0 Å². The number of hydrogen-bond donors (Lipinski definition) is 1. The highest BCUT2D eigenvalue weighted by Crippen LogP contribution is 2.31. The van der Waals surface area contributed by atoms with Gasteiger partial charge in [-0.15, -0.1) is 0 Å². The van der Waals surface area contributed by atoms with E-state index in [0.29, 0.717) is 12.0 Å². The molecule has 0 spiro atoms. The number of aryl methyl sites for hydroxylation is 1. The molecule has 2 atom stereocenters. The maximum absolute atomic E-state index is 6.08. The molecule has 112 valence electrons. The van der Waals surface area contributed by atoms with Crippen LogP contribution in [-0.2, 0) is 6.54 Å². The Balaban J connectivity index is 2.13. The fourth-order valence-corrected chi connectivity index (χ4v) is 2.83. The Morgan fingerprint density at radius 2 is 1.90 bits per heavy atom. The average molecular weight is 278 g/mol. The molecule has 0 amide bonds. The lowest BCUT2D eigenvalue weighted by Crippen LogP contribution is -2.45. The lowest BCUT2D eigenvalue weighted by Gasteiger charge is -2.35. The Morgan fingerprint density at radius 3 is 2.50 bits per heavy atom. The molecule has 0 saturated carbocycles. The van der Waals surface area contributed by atoms with E-state index in [1.165, 1.54) is 11.1 Å². The Kier molecular flexibility index (Phi) is 4.89. The van der Waals surface area contributed by atoms with E-state index in [2.05, 4.69) is 24.8 Å². The first-order chi connectivity index (χ1) is 9.55. The van der Waals surface area contributed by atoms with Gasteiger partial charge < -0.3 is 15.2 Å². The molecule has 20 heavy (non-hydrogen) atoms. The van der Waals surface area contributed by atoms with Crippen molar-refractivity contribution in [2.24, 2.45) is 11.7 Å². The summed E-state index contributed by atoms with van der Waals surface area (Å²) in [6.07, 6.45) is 1.08. The molecule has 4 nitrogen and oxygen atoms in total. The van der Waals surface area contributed by atoms with Crippen LogP contribution in [0.25, 0.3) is 0 Å². The van der Waals surface area contributed by atoms with E-state index < -0.39 is 0 Å². The van der Waals surface area contributed by atoms with Crippen molar-refractivity contribution in [2.75, 3.05) is 27.3 Å². The molecule has 0 radical (unpaired) electrons. The lowest BCUT2D eigenvalue weighted by molar-refractivity contribution is 0.157. The van der Waals surface area contributed by atoms with Crippen molar-refractivity contribution in [1.82, 2.24) is 4.90 Å². The molecule has 2 unspecified atom stereocenters. The van der Waals surface area contributed by atoms with Crippen LogP contribution in [0.3, 0.4) is 0 Å². The predicted molar refractivity (Wildman–Crippen MR) is 81.3 cm³/mol. The first-order valence-corrected chi connectivity index (χ1v) is 7.24. The lowest BCUT2D eigenvalue weighted by atomic mass is 9.94. The maximum atomic E-state index is 6.08. The largest absolute Gasteiger partial charge is 0.493 e. The van der Waals surface area contributed by atoms with Gasteiger partial charge >= 0.3 is 0 Å². The van der Waals surface area contributed by atoms with Crippen molar-refractivity contribution in [3.63, 3.8) is 0 Å². The maximum Gasteiger partial charge on any atom is 0.161 e. The Hall–Kier alpha value is -1.26. The zero-order valence-electron chi connectivity index (χ0n) is 13.0. The summed E-state index contributed by atoms with van der Waals surface area (Å²) in [5, 5.41) is 0. The zero-order valence-corrected chi connectivity index (χ0v) is 13.0. The van der Waals surface area contributed by atoms with Crippen LogP contribution in [0.4, 0.5) is 0 Å². The van der Waals surface area contributed by atoms with E-state index in [9.17, 15) is 0 Å². The first kappa shape index (κ1) is 15.1. The van der Waals surface area contributed by atoms with Crippen molar-refractivity contribution < 1.29 is 9.47 Å². The molecule has 1 aromatic carbocycles. The molecular formula is C16H26N2O2. The highest BCUT2D eigenvalue weighted by molar-refractivity contribution is 5.47. The molecule has 1 aromatic rings. The molecule has 4 heteroatoms. The van der Waals surface area contributed by atoms with Crippen LogP contribution in [0, 0.1) is 12.8 Å². The first-order valence-electron chi connectivity index (χ1n) is 7.24. The summed E-state index contributed by atoms with van der Waals surface area (Å²) in [5.74, 6) is 2.15. The van der Waals surface area contributed by atoms with Gasteiger partial charge in [0.15, 0.2) is 11.5 Å². The van der Waals surface area contributed by atoms with Crippen molar-refractivity contribution in [2.45, 2.75) is 32.9 Å².